The number of phenolic OH excluding ortho intramolecular Hbond substituents is 1. The van der Waals surface area contributed by atoms with E-state index in [1.165, 1.54) is 22.7 Å². The molecule has 3 aliphatic carbocycles. The smallest absolute Gasteiger partial charge is 0.255 e. The molecule has 11 heteroatoms. The van der Waals surface area contributed by atoms with E-state index in [4.69, 9.17) is 5.73 Å². The number of thioether (sulfide) groups is 1. The number of benzene rings is 2. The number of likely N-dealkylation sites (N-methyl/N-ethyl adjacent to an activating group) is 1. The molecule has 2 aromatic carbocycles. The second-order valence-electron chi connectivity index (χ2n) is 10.6. The Bertz CT molecular complexity index is 1490. The molecule has 0 heterocycles. The lowest BCUT2D eigenvalue weighted by molar-refractivity contribution is -0.148. The lowest BCUT2D eigenvalue weighted by atomic mass is 9.56. The van der Waals surface area contributed by atoms with Crippen molar-refractivity contribution in [2.24, 2.45) is 17.6 Å². The van der Waals surface area contributed by atoms with Crippen molar-refractivity contribution >= 4 is 34.9 Å². The third-order valence-electron chi connectivity index (χ3n) is 8.32. The van der Waals surface area contributed by atoms with Crippen molar-refractivity contribution < 1.29 is 34.8 Å². The van der Waals surface area contributed by atoms with Crippen LogP contribution in [0.15, 0.2) is 70.0 Å². The summed E-state index contributed by atoms with van der Waals surface area (Å²) in [7, 11) is 4.91. The maximum absolute atomic E-state index is 14.0. The van der Waals surface area contributed by atoms with Crippen LogP contribution in [0.4, 0.5) is 5.69 Å². The van der Waals surface area contributed by atoms with Crippen LogP contribution in [-0.2, 0) is 9.59 Å². The van der Waals surface area contributed by atoms with Gasteiger partial charge in [0.25, 0.3) is 5.91 Å². The Morgan fingerprint density at radius 2 is 1.80 bits per heavy atom. The summed E-state index contributed by atoms with van der Waals surface area (Å²) in [6.45, 7) is 0. The maximum atomic E-state index is 14.0. The Balaban J connectivity index is 1.75. The fourth-order valence-electron chi connectivity index (χ4n) is 6.57. The number of ketones is 2. The summed E-state index contributed by atoms with van der Waals surface area (Å²) in [5.41, 5.74) is 2.90. The van der Waals surface area contributed by atoms with Gasteiger partial charge in [-0.1, -0.05) is 18.2 Å². The van der Waals surface area contributed by atoms with Crippen molar-refractivity contribution in [3.8, 4) is 5.75 Å². The number of phenols is 1. The molecule has 1 amide bonds. The van der Waals surface area contributed by atoms with Crippen LogP contribution in [0, 0.1) is 11.8 Å². The Hall–Kier alpha value is -3.80. The first-order chi connectivity index (χ1) is 18.9. The van der Waals surface area contributed by atoms with Gasteiger partial charge in [-0.05, 0) is 56.3 Å². The molecule has 5 atom stereocenters. The van der Waals surface area contributed by atoms with E-state index in [1.807, 2.05) is 30.3 Å². The molecule has 0 saturated heterocycles. The van der Waals surface area contributed by atoms with Crippen molar-refractivity contribution in [3.05, 3.63) is 76.3 Å². The molecule has 0 radical (unpaired) electrons. The van der Waals surface area contributed by atoms with Gasteiger partial charge in [0.2, 0.25) is 5.78 Å². The zero-order chi connectivity index (χ0) is 29.1. The number of nitrogens with zero attached hydrogens (tertiary/aromatic N) is 1. The van der Waals surface area contributed by atoms with Crippen molar-refractivity contribution in [2.75, 3.05) is 32.2 Å². The Labute approximate surface area is 235 Å². The number of fused-ring (bicyclic) bond motifs is 3. The lowest BCUT2D eigenvalue weighted by Gasteiger charge is -2.51. The SMILES string of the molecule is CNc1ccc(O)c2c1[C@H](CSc1ccccc1)[C@H]1C[C@H]3[C@H](N(C)C)C(O)=C(C(N)=O)C(=O)[C@@]3(O)C(O)=C1C2=O. The molecular formula is C29H31N3O7S. The van der Waals surface area contributed by atoms with Crippen LogP contribution in [0.5, 0.6) is 5.75 Å². The number of aliphatic hydroxyl groups excluding tert-OH is 2. The highest BCUT2D eigenvalue weighted by molar-refractivity contribution is 7.99. The van der Waals surface area contributed by atoms with Gasteiger partial charge in [0.1, 0.15) is 22.8 Å². The lowest BCUT2D eigenvalue weighted by Crippen LogP contribution is -2.64. The summed E-state index contributed by atoms with van der Waals surface area (Å²) >= 11 is 1.53. The molecule has 7 N–H and O–H groups in total. The van der Waals surface area contributed by atoms with Gasteiger partial charge in [-0.15, -0.1) is 11.8 Å². The summed E-state index contributed by atoms with van der Waals surface area (Å²) < 4.78 is 0. The number of aromatic hydroxyl groups is 1. The van der Waals surface area contributed by atoms with E-state index in [2.05, 4.69) is 5.32 Å². The molecule has 40 heavy (non-hydrogen) atoms. The topological polar surface area (TPSA) is 173 Å². The summed E-state index contributed by atoms with van der Waals surface area (Å²) in [6.07, 6.45) is 0.0184. The first kappa shape index (κ1) is 27.8. The molecule has 2 aromatic rings. The first-order valence-electron chi connectivity index (χ1n) is 12.8. The summed E-state index contributed by atoms with van der Waals surface area (Å²) in [5, 5.41) is 48.5. The third kappa shape index (κ3) is 3.91. The number of nitrogens with two attached hydrogens (primary N) is 1. The van der Waals surface area contributed by atoms with Gasteiger partial charge in [-0.3, -0.25) is 19.3 Å². The van der Waals surface area contributed by atoms with Crippen LogP contribution in [0.2, 0.25) is 0 Å². The molecule has 0 bridgehead atoms. The molecule has 0 aromatic heterocycles. The molecule has 10 nitrogen and oxygen atoms in total. The number of carbonyl (C=O) groups excluding carboxylic acids is 3. The molecule has 0 unspecified atom stereocenters. The van der Waals surface area contributed by atoms with Crippen LogP contribution < -0.4 is 11.1 Å². The molecule has 0 saturated carbocycles. The number of primary amides is 1. The first-order valence-corrected chi connectivity index (χ1v) is 13.8. The van der Waals surface area contributed by atoms with Gasteiger partial charge in [0.05, 0.1) is 11.6 Å². The average molecular weight is 566 g/mol. The molecule has 0 spiro atoms. The van der Waals surface area contributed by atoms with Crippen LogP contribution in [0.1, 0.15) is 28.3 Å². The molecule has 5 rings (SSSR count). The van der Waals surface area contributed by atoms with Crippen LogP contribution >= 0.6 is 11.8 Å². The summed E-state index contributed by atoms with van der Waals surface area (Å²) in [6, 6.07) is 11.6. The van der Waals surface area contributed by atoms with E-state index in [9.17, 15) is 34.8 Å². The van der Waals surface area contributed by atoms with Gasteiger partial charge in [0.15, 0.2) is 11.4 Å². The number of carbonyl (C=O) groups is 3. The zero-order valence-electron chi connectivity index (χ0n) is 22.2. The van der Waals surface area contributed by atoms with Crippen LogP contribution in [0.25, 0.3) is 0 Å². The van der Waals surface area contributed by atoms with E-state index in [1.54, 1.807) is 27.2 Å². The number of hydrogen-bond acceptors (Lipinski definition) is 10. The molecule has 0 aliphatic heterocycles. The predicted octanol–water partition coefficient (Wildman–Crippen LogP) is 2.50. The highest BCUT2D eigenvalue weighted by atomic mass is 32.2. The predicted molar refractivity (Wildman–Crippen MR) is 149 cm³/mol. The number of anilines is 1. The fourth-order valence-corrected chi connectivity index (χ4v) is 7.69. The highest BCUT2D eigenvalue weighted by Crippen LogP contribution is 2.57. The monoisotopic (exact) mass is 565 g/mol. The number of allylic oxidation sites excluding steroid dienone is 1. The van der Waals surface area contributed by atoms with E-state index in [-0.39, 0.29) is 23.3 Å². The van der Waals surface area contributed by atoms with Crippen LogP contribution in [0.3, 0.4) is 0 Å². The fraction of sp³-hybridized carbons (Fsp3) is 0.345. The van der Waals surface area contributed by atoms with E-state index in [0.717, 1.165) is 4.90 Å². The number of amides is 1. The number of rotatable bonds is 6. The second-order valence-corrected chi connectivity index (χ2v) is 11.7. The molecular weight excluding hydrogens is 534 g/mol. The second kappa shape index (κ2) is 9.99. The molecule has 3 aliphatic rings. The van der Waals surface area contributed by atoms with Crippen molar-refractivity contribution in [3.63, 3.8) is 0 Å². The van der Waals surface area contributed by atoms with E-state index in [0.29, 0.717) is 17.0 Å². The van der Waals surface area contributed by atoms with Gasteiger partial charge >= 0.3 is 0 Å². The zero-order valence-corrected chi connectivity index (χ0v) is 23.0. The van der Waals surface area contributed by atoms with Crippen molar-refractivity contribution in [1.29, 1.82) is 0 Å². The minimum atomic E-state index is -2.68. The Morgan fingerprint density at radius 3 is 2.40 bits per heavy atom. The Morgan fingerprint density at radius 1 is 1.12 bits per heavy atom. The Kier molecular flexibility index (Phi) is 6.93. The van der Waals surface area contributed by atoms with Gasteiger partial charge in [-0.2, -0.15) is 0 Å². The third-order valence-corrected chi connectivity index (χ3v) is 9.45. The van der Waals surface area contributed by atoms with Gasteiger partial charge in [0, 0.05) is 40.8 Å². The minimum absolute atomic E-state index is 0.0184. The molecule has 0 fully saturated rings. The quantitative estimate of drug-likeness (QED) is 0.174. The highest BCUT2D eigenvalue weighted by Gasteiger charge is 2.64. The number of nitrogens with one attached hydrogen (secondary N) is 1. The van der Waals surface area contributed by atoms with Gasteiger partial charge < -0.3 is 31.5 Å². The van der Waals surface area contributed by atoms with Crippen molar-refractivity contribution in [1.82, 2.24) is 4.90 Å². The van der Waals surface area contributed by atoms with Gasteiger partial charge in [-0.25, -0.2) is 0 Å². The summed E-state index contributed by atoms with van der Waals surface area (Å²) in [5.74, 6) is -6.79. The number of hydrogen-bond donors (Lipinski definition) is 6. The maximum Gasteiger partial charge on any atom is 0.255 e. The van der Waals surface area contributed by atoms with Crippen molar-refractivity contribution in [2.45, 2.75) is 28.9 Å². The van der Waals surface area contributed by atoms with Crippen LogP contribution in [-0.4, -0.2) is 81.3 Å². The number of Topliss-reactive ketones (excluding diaryl/α,β-unsaturated/α-hetero) is 2. The minimum Gasteiger partial charge on any atom is -0.510 e. The summed E-state index contributed by atoms with van der Waals surface area (Å²) in [4.78, 5) is 42.3. The standard InChI is InChI=1S/C29H31N3O7S/c1-31-17-9-10-18(33)21-19(17)15(12-40-13-7-5-4-6-8-13)14-11-16-23(32(2)3)25(35)22(28(30)38)27(37)29(16,39)26(36)20(14)24(21)34/h4-10,14-16,23,31,33,35-36,39H,11-12H2,1-3H3,(H2,30,38)/t14-,15-,16+,23+,29+/m1/s1. The van der Waals surface area contributed by atoms with E-state index >= 15 is 0 Å². The number of aliphatic hydroxyl groups is 3. The average Bonchev–Trinajstić information content (AvgIpc) is 2.90. The largest absolute Gasteiger partial charge is 0.510 e. The molecule has 210 valence electrons. The van der Waals surface area contributed by atoms with E-state index < -0.39 is 64.0 Å². The normalized spacial score (nSPS) is 27.8.